The predicted octanol–water partition coefficient (Wildman–Crippen LogP) is 2.86. The summed E-state index contributed by atoms with van der Waals surface area (Å²) in [4.78, 5) is 15.3. The van der Waals surface area contributed by atoms with Gasteiger partial charge < -0.3 is 10.4 Å². The van der Waals surface area contributed by atoms with Crippen LogP contribution in [0, 0.1) is 6.92 Å². The Bertz CT molecular complexity index is 863. The maximum atomic E-state index is 11.4. The lowest BCUT2D eigenvalue weighted by Crippen LogP contribution is -2.15. The molecule has 0 spiro atoms. The van der Waals surface area contributed by atoms with Crippen molar-refractivity contribution in [1.82, 2.24) is 4.98 Å². The molecular weight excluding hydrogens is 356 g/mol. The summed E-state index contributed by atoms with van der Waals surface area (Å²) in [6.07, 6.45) is 1.56. The van der Waals surface area contributed by atoms with Crippen LogP contribution in [0.2, 0.25) is 0 Å². The number of aromatic carboxylic acids is 1. The fourth-order valence-electron chi connectivity index (χ4n) is 1.81. The van der Waals surface area contributed by atoms with Crippen LogP contribution in [0.25, 0.3) is 0 Å². The number of rotatable bonds is 7. The minimum absolute atomic E-state index is 0.0568. The molecule has 0 unspecified atom stereocenters. The molecule has 2 aromatic rings. The molecule has 128 valence electrons. The number of anilines is 1. The topological polar surface area (TPSA) is 141 Å². The number of nitrogens with zero attached hydrogens (tertiary/aromatic N) is 3. The van der Waals surface area contributed by atoms with E-state index in [0.717, 1.165) is 0 Å². The molecule has 0 saturated carbocycles. The summed E-state index contributed by atoms with van der Waals surface area (Å²) in [5.74, 6) is -1.68. The molecular formula is C13H14N4O5S2. The first-order valence-electron chi connectivity index (χ1n) is 6.64. The lowest BCUT2D eigenvalue weighted by molar-refractivity contribution is 0.0697. The van der Waals surface area contributed by atoms with Crippen LogP contribution in [0.15, 0.2) is 33.9 Å². The molecule has 1 heterocycles. The van der Waals surface area contributed by atoms with Gasteiger partial charge in [-0.15, -0.1) is 21.6 Å². The summed E-state index contributed by atoms with van der Waals surface area (Å²) in [6, 6.07) is 2.87. The Balaban J connectivity index is 2.26. The molecule has 0 saturated heterocycles. The van der Waals surface area contributed by atoms with Gasteiger partial charge in [0.15, 0.2) is 0 Å². The SMILES string of the molecule is Cc1cc(N=Nc2nccs2)c(C(=O)O)cc1NCCS(=O)(=O)O. The van der Waals surface area contributed by atoms with Gasteiger partial charge >= 0.3 is 5.97 Å². The van der Waals surface area contributed by atoms with Crippen molar-refractivity contribution < 1.29 is 22.9 Å². The molecule has 1 aromatic carbocycles. The smallest absolute Gasteiger partial charge is 0.338 e. The van der Waals surface area contributed by atoms with Crippen molar-refractivity contribution >= 4 is 43.9 Å². The minimum atomic E-state index is -4.09. The zero-order valence-corrected chi connectivity index (χ0v) is 14.1. The molecule has 0 atom stereocenters. The lowest BCUT2D eigenvalue weighted by atomic mass is 10.1. The molecule has 1 aromatic heterocycles. The second kappa shape index (κ2) is 7.47. The standard InChI is InChI=1S/C13H14N4O5S2/c1-8-6-11(16-17-13-15-2-4-23-13)9(12(18)19)7-10(8)14-3-5-24(20,21)22/h2,4,6-7,14H,3,5H2,1H3,(H,18,19)(H,20,21,22). The van der Waals surface area contributed by atoms with Crippen molar-refractivity contribution in [3.05, 3.63) is 34.8 Å². The summed E-state index contributed by atoms with van der Waals surface area (Å²) in [6.45, 7) is 1.66. The number of carboxylic acids is 1. The highest BCUT2D eigenvalue weighted by molar-refractivity contribution is 7.85. The molecule has 0 amide bonds. The predicted molar refractivity (Wildman–Crippen MR) is 89.3 cm³/mol. The Morgan fingerprint density at radius 2 is 2.12 bits per heavy atom. The molecule has 0 bridgehead atoms. The van der Waals surface area contributed by atoms with E-state index in [1.54, 1.807) is 18.5 Å². The van der Waals surface area contributed by atoms with Crippen LogP contribution < -0.4 is 5.32 Å². The van der Waals surface area contributed by atoms with E-state index in [2.05, 4.69) is 20.5 Å². The van der Waals surface area contributed by atoms with Gasteiger partial charge in [0.1, 0.15) is 5.69 Å². The number of hydrogen-bond donors (Lipinski definition) is 3. The number of hydrogen-bond acceptors (Lipinski definition) is 8. The molecule has 0 aliphatic rings. The first-order valence-corrected chi connectivity index (χ1v) is 9.13. The third-order valence-corrected chi connectivity index (χ3v) is 4.29. The Morgan fingerprint density at radius 1 is 1.38 bits per heavy atom. The molecule has 9 nitrogen and oxygen atoms in total. The summed E-state index contributed by atoms with van der Waals surface area (Å²) < 4.78 is 30.2. The van der Waals surface area contributed by atoms with Crippen LogP contribution in [-0.4, -0.2) is 41.3 Å². The molecule has 0 fully saturated rings. The van der Waals surface area contributed by atoms with Crippen LogP contribution in [-0.2, 0) is 10.1 Å². The second-order valence-electron chi connectivity index (χ2n) is 4.72. The molecule has 0 aliphatic heterocycles. The normalized spacial score (nSPS) is 11.8. The van der Waals surface area contributed by atoms with Gasteiger partial charge in [0.25, 0.3) is 10.1 Å². The maximum Gasteiger partial charge on any atom is 0.338 e. The fourth-order valence-corrected chi connectivity index (χ4v) is 2.63. The Morgan fingerprint density at radius 3 is 2.71 bits per heavy atom. The number of carboxylic acid groups (broad SMARTS) is 1. The number of benzene rings is 1. The number of aryl methyl sites for hydroxylation is 1. The average molecular weight is 370 g/mol. The van der Waals surface area contributed by atoms with E-state index < -0.39 is 21.8 Å². The fraction of sp³-hybridized carbons (Fsp3) is 0.231. The van der Waals surface area contributed by atoms with Crippen molar-refractivity contribution in [2.45, 2.75) is 6.92 Å². The zero-order chi connectivity index (χ0) is 17.7. The third kappa shape index (κ3) is 5.08. The zero-order valence-electron chi connectivity index (χ0n) is 12.5. The number of azo groups is 1. The van der Waals surface area contributed by atoms with Gasteiger partial charge in [-0.2, -0.15) is 8.42 Å². The van der Waals surface area contributed by atoms with Crippen molar-refractivity contribution in [2.24, 2.45) is 10.2 Å². The largest absolute Gasteiger partial charge is 0.478 e. The van der Waals surface area contributed by atoms with Gasteiger partial charge in [-0.3, -0.25) is 4.55 Å². The first kappa shape index (κ1) is 18.0. The van der Waals surface area contributed by atoms with E-state index in [1.807, 2.05) is 0 Å². The second-order valence-corrected chi connectivity index (χ2v) is 7.16. The van der Waals surface area contributed by atoms with Gasteiger partial charge in [-0.05, 0) is 24.6 Å². The molecule has 0 aliphatic carbocycles. The van der Waals surface area contributed by atoms with E-state index >= 15 is 0 Å². The first-order chi connectivity index (χ1) is 11.3. The van der Waals surface area contributed by atoms with E-state index in [-0.39, 0.29) is 17.8 Å². The number of thiazole rings is 1. The van der Waals surface area contributed by atoms with Crippen LogP contribution in [0.4, 0.5) is 16.5 Å². The number of aromatic nitrogens is 1. The van der Waals surface area contributed by atoms with Gasteiger partial charge in [-0.1, -0.05) is 0 Å². The Hall–Kier alpha value is -2.37. The Kier molecular flexibility index (Phi) is 5.59. The lowest BCUT2D eigenvalue weighted by Gasteiger charge is -2.11. The van der Waals surface area contributed by atoms with Gasteiger partial charge in [-0.25, -0.2) is 9.78 Å². The number of carbonyl (C=O) groups is 1. The molecule has 11 heteroatoms. The summed E-state index contributed by atoms with van der Waals surface area (Å²) in [5.41, 5.74) is 1.17. The van der Waals surface area contributed by atoms with Crippen molar-refractivity contribution in [3.63, 3.8) is 0 Å². The highest BCUT2D eigenvalue weighted by Crippen LogP contribution is 2.29. The molecule has 3 N–H and O–H groups in total. The van der Waals surface area contributed by atoms with Crippen LogP contribution >= 0.6 is 11.3 Å². The highest BCUT2D eigenvalue weighted by atomic mass is 32.2. The third-order valence-electron chi connectivity index (χ3n) is 2.91. The van der Waals surface area contributed by atoms with Gasteiger partial charge in [0.2, 0.25) is 5.13 Å². The summed E-state index contributed by atoms with van der Waals surface area (Å²) in [7, 11) is -4.09. The van der Waals surface area contributed by atoms with Crippen molar-refractivity contribution in [2.75, 3.05) is 17.6 Å². The van der Waals surface area contributed by atoms with E-state index in [9.17, 15) is 18.3 Å². The van der Waals surface area contributed by atoms with E-state index in [4.69, 9.17) is 4.55 Å². The van der Waals surface area contributed by atoms with E-state index in [1.165, 1.54) is 23.5 Å². The quantitative estimate of drug-likeness (QED) is 0.502. The van der Waals surface area contributed by atoms with Gasteiger partial charge in [0.05, 0.1) is 11.3 Å². The van der Waals surface area contributed by atoms with Crippen molar-refractivity contribution in [3.8, 4) is 0 Å². The highest BCUT2D eigenvalue weighted by Gasteiger charge is 2.14. The van der Waals surface area contributed by atoms with Gasteiger partial charge in [0, 0.05) is 23.8 Å². The molecule has 24 heavy (non-hydrogen) atoms. The van der Waals surface area contributed by atoms with Crippen LogP contribution in [0.5, 0.6) is 0 Å². The van der Waals surface area contributed by atoms with Crippen LogP contribution in [0.1, 0.15) is 15.9 Å². The van der Waals surface area contributed by atoms with Crippen molar-refractivity contribution in [1.29, 1.82) is 0 Å². The number of nitrogens with one attached hydrogen (secondary N) is 1. The molecule has 0 radical (unpaired) electrons. The Labute approximate surface area is 141 Å². The summed E-state index contributed by atoms with van der Waals surface area (Å²) in [5, 5.41) is 22.0. The maximum absolute atomic E-state index is 11.4. The van der Waals surface area contributed by atoms with Crippen LogP contribution in [0.3, 0.4) is 0 Å². The monoisotopic (exact) mass is 370 g/mol. The minimum Gasteiger partial charge on any atom is -0.478 e. The average Bonchev–Trinajstić information content (AvgIpc) is 2.98. The van der Waals surface area contributed by atoms with E-state index in [0.29, 0.717) is 16.4 Å². The molecule has 2 rings (SSSR count). The summed E-state index contributed by atoms with van der Waals surface area (Å²) >= 11 is 1.27.